The van der Waals surface area contributed by atoms with Gasteiger partial charge in [-0.3, -0.25) is 9.59 Å². The standard InChI is InChI=1S/C9H7BrN2O2/c10-4-5-2-1-3-6-7(5)12-9(14)8(13)11-6/h1-3H,4H2,(H,11,13)(H,12,14). The van der Waals surface area contributed by atoms with Gasteiger partial charge in [0.25, 0.3) is 0 Å². The maximum Gasteiger partial charge on any atom is 0.314 e. The molecule has 0 aliphatic heterocycles. The molecule has 1 aromatic carbocycles. The van der Waals surface area contributed by atoms with Crippen LogP contribution in [-0.4, -0.2) is 9.97 Å². The van der Waals surface area contributed by atoms with Crippen LogP contribution in [0, 0.1) is 0 Å². The maximum absolute atomic E-state index is 11.1. The number of aromatic amines is 2. The molecule has 0 fully saturated rings. The summed E-state index contributed by atoms with van der Waals surface area (Å²) in [6.45, 7) is 0. The minimum Gasteiger partial charge on any atom is -0.316 e. The van der Waals surface area contributed by atoms with Gasteiger partial charge in [-0.15, -0.1) is 0 Å². The molecule has 2 N–H and O–H groups in total. The fourth-order valence-electron chi connectivity index (χ4n) is 1.31. The average Bonchev–Trinajstić information content (AvgIpc) is 2.19. The Balaban J connectivity index is 2.95. The Morgan fingerprint density at radius 3 is 2.57 bits per heavy atom. The fraction of sp³-hybridized carbons (Fsp3) is 0.111. The van der Waals surface area contributed by atoms with Crippen molar-refractivity contribution in [3.05, 3.63) is 44.5 Å². The molecule has 0 unspecified atom stereocenters. The van der Waals surface area contributed by atoms with Gasteiger partial charge in [-0.05, 0) is 11.6 Å². The number of benzene rings is 1. The van der Waals surface area contributed by atoms with E-state index in [4.69, 9.17) is 0 Å². The van der Waals surface area contributed by atoms with E-state index in [1.165, 1.54) is 0 Å². The smallest absolute Gasteiger partial charge is 0.314 e. The lowest BCUT2D eigenvalue weighted by Crippen LogP contribution is -2.29. The highest BCUT2D eigenvalue weighted by Crippen LogP contribution is 2.14. The predicted molar refractivity (Wildman–Crippen MR) is 57.8 cm³/mol. The molecule has 0 aliphatic carbocycles. The van der Waals surface area contributed by atoms with Crippen LogP contribution in [0.5, 0.6) is 0 Å². The lowest BCUT2D eigenvalue weighted by Gasteiger charge is -2.01. The molecule has 0 spiro atoms. The molecule has 14 heavy (non-hydrogen) atoms. The molecule has 1 heterocycles. The summed E-state index contributed by atoms with van der Waals surface area (Å²) in [5.74, 6) is 0. The van der Waals surface area contributed by atoms with Crippen molar-refractivity contribution in [2.24, 2.45) is 0 Å². The van der Waals surface area contributed by atoms with Crippen LogP contribution in [0.4, 0.5) is 0 Å². The molecular formula is C9H7BrN2O2. The highest BCUT2D eigenvalue weighted by Gasteiger charge is 2.02. The number of H-pyrrole nitrogens is 2. The van der Waals surface area contributed by atoms with Gasteiger partial charge in [-0.2, -0.15) is 0 Å². The van der Waals surface area contributed by atoms with Crippen LogP contribution in [0.3, 0.4) is 0 Å². The third-order valence-corrected chi connectivity index (χ3v) is 2.59. The first-order valence-electron chi connectivity index (χ1n) is 4.02. The summed E-state index contributed by atoms with van der Waals surface area (Å²) in [4.78, 5) is 27.2. The Hall–Kier alpha value is -1.36. The second kappa shape index (κ2) is 3.42. The molecule has 0 aliphatic rings. The van der Waals surface area contributed by atoms with Gasteiger partial charge in [-0.1, -0.05) is 28.1 Å². The monoisotopic (exact) mass is 254 g/mol. The Bertz CT molecular complexity index is 585. The zero-order valence-corrected chi connectivity index (χ0v) is 8.72. The van der Waals surface area contributed by atoms with Gasteiger partial charge in [0.15, 0.2) is 0 Å². The SMILES string of the molecule is O=c1[nH]c2cccc(CBr)c2[nH]c1=O. The molecule has 0 saturated carbocycles. The van der Waals surface area contributed by atoms with E-state index in [1.807, 2.05) is 12.1 Å². The van der Waals surface area contributed by atoms with Crippen molar-refractivity contribution >= 4 is 27.0 Å². The van der Waals surface area contributed by atoms with Crippen molar-refractivity contribution in [3.63, 3.8) is 0 Å². The Labute approximate surface area is 87.1 Å². The minimum atomic E-state index is -0.621. The van der Waals surface area contributed by atoms with Crippen LogP contribution in [0.2, 0.25) is 0 Å². The number of halogens is 1. The molecule has 0 atom stereocenters. The normalized spacial score (nSPS) is 10.6. The fourth-order valence-corrected chi connectivity index (χ4v) is 1.78. The molecule has 4 nitrogen and oxygen atoms in total. The third kappa shape index (κ3) is 1.39. The first-order chi connectivity index (χ1) is 6.72. The number of rotatable bonds is 1. The summed E-state index contributed by atoms with van der Waals surface area (Å²) < 4.78 is 0. The summed E-state index contributed by atoms with van der Waals surface area (Å²) in [5.41, 5.74) is 1.02. The number of nitrogens with one attached hydrogen (secondary N) is 2. The topological polar surface area (TPSA) is 65.7 Å². The van der Waals surface area contributed by atoms with Crippen LogP contribution >= 0.6 is 15.9 Å². The molecule has 5 heteroatoms. The number of para-hydroxylation sites is 1. The largest absolute Gasteiger partial charge is 0.316 e. The summed E-state index contributed by atoms with van der Waals surface area (Å²) in [6.07, 6.45) is 0. The summed E-state index contributed by atoms with van der Waals surface area (Å²) in [5, 5.41) is 0.631. The molecule has 2 aromatic rings. The van der Waals surface area contributed by atoms with Crippen molar-refractivity contribution in [2.45, 2.75) is 5.33 Å². The van der Waals surface area contributed by atoms with Crippen LogP contribution in [0.1, 0.15) is 5.56 Å². The van der Waals surface area contributed by atoms with Crippen molar-refractivity contribution < 1.29 is 0 Å². The number of aromatic nitrogens is 2. The highest BCUT2D eigenvalue weighted by molar-refractivity contribution is 9.08. The van der Waals surface area contributed by atoms with Gasteiger partial charge in [0, 0.05) is 5.33 Å². The number of alkyl halides is 1. The van der Waals surface area contributed by atoms with Crippen LogP contribution in [0.15, 0.2) is 27.8 Å². The summed E-state index contributed by atoms with van der Waals surface area (Å²) >= 11 is 3.31. The lowest BCUT2D eigenvalue weighted by atomic mass is 10.2. The van der Waals surface area contributed by atoms with E-state index in [-0.39, 0.29) is 0 Å². The Morgan fingerprint density at radius 1 is 1.14 bits per heavy atom. The Morgan fingerprint density at radius 2 is 1.86 bits per heavy atom. The molecule has 1 aromatic heterocycles. The van der Waals surface area contributed by atoms with Gasteiger partial charge in [0.2, 0.25) is 0 Å². The molecule has 0 radical (unpaired) electrons. The summed E-state index contributed by atoms with van der Waals surface area (Å²) in [7, 11) is 0. The zero-order chi connectivity index (χ0) is 10.1. The van der Waals surface area contributed by atoms with E-state index in [1.54, 1.807) is 6.07 Å². The molecule has 0 amide bonds. The number of hydrogen-bond acceptors (Lipinski definition) is 2. The van der Waals surface area contributed by atoms with E-state index >= 15 is 0 Å². The van der Waals surface area contributed by atoms with E-state index in [9.17, 15) is 9.59 Å². The quantitative estimate of drug-likeness (QED) is 0.592. The second-order valence-electron chi connectivity index (χ2n) is 2.88. The average molecular weight is 255 g/mol. The predicted octanol–water partition coefficient (Wildman–Crippen LogP) is 1.11. The van der Waals surface area contributed by atoms with E-state index in [0.717, 1.165) is 5.56 Å². The first kappa shape index (κ1) is 9.21. The highest BCUT2D eigenvalue weighted by atomic mass is 79.9. The molecule has 72 valence electrons. The number of hydrogen-bond donors (Lipinski definition) is 2. The van der Waals surface area contributed by atoms with Crippen molar-refractivity contribution in [2.75, 3.05) is 0 Å². The molecular weight excluding hydrogens is 248 g/mol. The summed E-state index contributed by atoms with van der Waals surface area (Å²) in [6, 6.07) is 5.46. The zero-order valence-electron chi connectivity index (χ0n) is 7.13. The van der Waals surface area contributed by atoms with E-state index in [0.29, 0.717) is 16.4 Å². The second-order valence-corrected chi connectivity index (χ2v) is 3.44. The van der Waals surface area contributed by atoms with Crippen LogP contribution in [-0.2, 0) is 5.33 Å². The van der Waals surface area contributed by atoms with Gasteiger partial charge in [0.1, 0.15) is 0 Å². The van der Waals surface area contributed by atoms with Gasteiger partial charge in [0.05, 0.1) is 11.0 Å². The molecule has 0 bridgehead atoms. The third-order valence-electron chi connectivity index (χ3n) is 1.99. The molecule has 0 saturated heterocycles. The van der Waals surface area contributed by atoms with E-state index in [2.05, 4.69) is 25.9 Å². The first-order valence-corrected chi connectivity index (χ1v) is 5.14. The minimum absolute atomic E-state index is 0.620. The van der Waals surface area contributed by atoms with Crippen molar-refractivity contribution in [1.82, 2.24) is 9.97 Å². The van der Waals surface area contributed by atoms with Crippen molar-refractivity contribution in [3.8, 4) is 0 Å². The van der Waals surface area contributed by atoms with Gasteiger partial charge < -0.3 is 9.97 Å². The van der Waals surface area contributed by atoms with Crippen LogP contribution < -0.4 is 11.1 Å². The van der Waals surface area contributed by atoms with E-state index < -0.39 is 11.1 Å². The van der Waals surface area contributed by atoms with Crippen LogP contribution in [0.25, 0.3) is 11.0 Å². The van der Waals surface area contributed by atoms with Gasteiger partial charge >= 0.3 is 11.1 Å². The molecule has 2 rings (SSSR count). The van der Waals surface area contributed by atoms with Gasteiger partial charge in [-0.25, -0.2) is 0 Å². The number of fused-ring (bicyclic) bond motifs is 1. The van der Waals surface area contributed by atoms with Crippen molar-refractivity contribution in [1.29, 1.82) is 0 Å². The lowest BCUT2D eigenvalue weighted by molar-refractivity contribution is 1.14. The maximum atomic E-state index is 11.1. The Kier molecular flexibility index (Phi) is 2.25.